The summed E-state index contributed by atoms with van der Waals surface area (Å²) in [4.78, 5) is 31.2. The molecule has 0 radical (unpaired) electrons. The van der Waals surface area contributed by atoms with Crippen molar-refractivity contribution in [3.63, 3.8) is 0 Å². The Morgan fingerprint density at radius 1 is 1.13 bits per heavy atom. The van der Waals surface area contributed by atoms with E-state index in [0.717, 1.165) is 11.3 Å². The second-order valence-electron chi connectivity index (χ2n) is 6.74. The molecule has 1 aromatic heterocycles. The molecule has 0 aliphatic carbocycles. The lowest BCUT2D eigenvalue weighted by atomic mass is 10.1. The second kappa shape index (κ2) is 8.96. The van der Waals surface area contributed by atoms with Crippen molar-refractivity contribution in [3.8, 4) is 11.5 Å². The van der Waals surface area contributed by atoms with Crippen LogP contribution in [0.1, 0.15) is 28.5 Å². The fraction of sp³-hybridized carbons (Fsp3) is 0.227. The number of amides is 2. The maximum Gasteiger partial charge on any atom is 0.257 e. The van der Waals surface area contributed by atoms with Crippen molar-refractivity contribution in [2.75, 3.05) is 18.7 Å². The van der Waals surface area contributed by atoms with Crippen molar-refractivity contribution in [1.82, 2.24) is 9.88 Å². The van der Waals surface area contributed by atoms with E-state index in [9.17, 15) is 9.59 Å². The minimum absolute atomic E-state index is 0.0265. The van der Waals surface area contributed by atoms with E-state index >= 15 is 0 Å². The third kappa shape index (κ3) is 4.60. The van der Waals surface area contributed by atoms with Gasteiger partial charge in [-0.15, -0.1) is 11.3 Å². The summed E-state index contributed by atoms with van der Waals surface area (Å²) in [5, 5.41) is 5.05. The summed E-state index contributed by atoms with van der Waals surface area (Å²) in [6, 6.07) is 14.6. The van der Waals surface area contributed by atoms with Crippen molar-refractivity contribution < 1.29 is 19.1 Å². The normalized spacial score (nSPS) is 11.9. The Bertz CT molecular complexity index is 1050. The van der Waals surface area contributed by atoms with Crippen molar-refractivity contribution in [1.29, 1.82) is 0 Å². The van der Waals surface area contributed by atoms with Gasteiger partial charge in [-0.25, -0.2) is 4.98 Å². The fourth-order valence-corrected chi connectivity index (χ4v) is 3.81. The highest BCUT2D eigenvalue weighted by Crippen LogP contribution is 2.32. The number of ether oxygens (including phenoxy) is 2. The topological polar surface area (TPSA) is 80.8 Å². The zero-order chi connectivity index (χ0) is 20.9. The van der Waals surface area contributed by atoms with Crippen LogP contribution in [-0.4, -0.2) is 35.0 Å². The molecular formula is C22H21N3O4S. The molecule has 1 aliphatic heterocycles. The van der Waals surface area contributed by atoms with Gasteiger partial charge >= 0.3 is 0 Å². The van der Waals surface area contributed by atoms with Crippen LogP contribution >= 0.6 is 11.3 Å². The molecule has 8 heteroatoms. The third-order valence-corrected chi connectivity index (χ3v) is 5.49. The molecule has 2 heterocycles. The van der Waals surface area contributed by atoms with Gasteiger partial charge in [-0.2, -0.15) is 0 Å². The molecular weight excluding hydrogens is 402 g/mol. The molecule has 154 valence electrons. The first kappa shape index (κ1) is 19.9. The molecule has 0 saturated carbocycles. The minimum Gasteiger partial charge on any atom is -0.454 e. The molecule has 3 aromatic rings. The van der Waals surface area contributed by atoms with Crippen molar-refractivity contribution >= 4 is 28.3 Å². The zero-order valence-electron chi connectivity index (χ0n) is 16.5. The lowest BCUT2D eigenvalue weighted by molar-refractivity contribution is -0.130. The quantitative estimate of drug-likeness (QED) is 0.627. The maximum absolute atomic E-state index is 12.8. The van der Waals surface area contributed by atoms with E-state index in [1.807, 2.05) is 31.2 Å². The molecule has 1 aliphatic rings. The Morgan fingerprint density at radius 3 is 2.73 bits per heavy atom. The van der Waals surface area contributed by atoms with Crippen LogP contribution in [-0.2, 0) is 17.8 Å². The number of carbonyl (C=O) groups excluding carboxylic acids is 2. The first-order valence-electron chi connectivity index (χ1n) is 9.59. The number of rotatable bonds is 7. The molecule has 1 N–H and O–H groups in total. The number of likely N-dealkylation sites (N-methyl/N-ethyl adjacent to an activating group) is 1. The summed E-state index contributed by atoms with van der Waals surface area (Å²) in [7, 11) is 0. The van der Waals surface area contributed by atoms with Crippen LogP contribution in [0.4, 0.5) is 5.13 Å². The van der Waals surface area contributed by atoms with Gasteiger partial charge in [-0.1, -0.05) is 24.3 Å². The first-order valence-corrected chi connectivity index (χ1v) is 10.5. The number of carbonyl (C=O) groups is 2. The Balaban J connectivity index is 1.36. The summed E-state index contributed by atoms with van der Waals surface area (Å²) in [6.07, 6.45) is 0.177. The molecule has 30 heavy (non-hydrogen) atoms. The van der Waals surface area contributed by atoms with Crippen LogP contribution < -0.4 is 14.8 Å². The predicted molar refractivity (Wildman–Crippen MR) is 114 cm³/mol. The molecule has 2 aromatic carbocycles. The Hall–Kier alpha value is -3.39. The lowest BCUT2D eigenvalue weighted by Crippen LogP contribution is -2.31. The van der Waals surface area contributed by atoms with Crippen LogP contribution in [0.25, 0.3) is 0 Å². The molecule has 7 nitrogen and oxygen atoms in total. The van der Waals surface area contributed by atoms with Crippen LogP contribution in [0.5, 0.6) is 11.5 Å². The molecule has 0 saturated heterocycles. The highest BCUT2D eigenvalue weighted by Gasteiger charge is 2.18. The van der Waals surface area contributed by atoms with Gasteiger partial charge in [0.05, 0.1) is 12.1 Å². The second-order valence-corrected chi connectivity index (χ2v) is 7.59. The highest BCUT2D eigenvalue weighted by atomic mass is 32.1. The summed E-state index contributed by atoms with van der Waals surface area (Å²) in [5.41, 5.74) is 2.17. The van der Waals surface area contributed by atoms with Gasteiger partial charge in [0.2, 0.25) is 12.7 Å². The number of anilines is 1. The number of hydrogen-bond donors (Lipinski definition) is 1. The van der Waals surface area contributed by atoms with Crippen molar-refractivity contribution in [2.45, 2.75) is 19.9 Å². The maximum atomic E-state index is 12.8. The number of thiazole rings is 1. The standard InChI is InChI=1S/C22H21N3O4S/c1-2-25(12-15-8-9-18-19(10-15)29-14-28-18)20(26)11-17-13-30-22(23-17)24-21(27)16-6-4-3-5-7-16/h3-10,13H,2,11-12,14H2,1H3,(H,23,24,27). The number of benzene rings is 2. The summed E-state index contributed by atoms with van der Waals surface area (Å²) in [6.45, 7) is 3.22. The monoisotopic (exact) mass is 423 g/mol. The van der Waals surface area contributed by atoms with Gasteiger partial charge in [0.15, 0.2) is 16.6 Å². The first-order chi connectivity index (χ1) is 14.6. The van der Waals surface area contributed by atoms with Crippen LogP contribution in [0.3, 0.4) is 0 Å². The summed E-state index contributed by atoms with van der Waals surface area (Å²) in [5.74, 6) is 1.18. The van der Waals surface area contributed by atoms with Gasteiger partial charge < -0.3 is 14.4 Å². The van der Waals surface area contributed by atoms with Gasteiger partial charge in [0.1, 0.15) is 0 Å². The van der Waals surface area contributed by atoms with E-state index in [1.54, 1.807) is 34.5 Å². The van der Waals surface area contributed by atoms with E-state index in [2.05, 4.69) is 10.3 Å². The molecule has 0 atom stereocenters. The van der Waals surface area contributed by atoms with Crippen LogP contribution in [0, 0.1) is 0 Å². The highest BCUT2D eigenvalue weighted by molar-refractivity contribution is 7.14. The number of aromatic nitrogens is 1. The van der Waals surface area contributed by atoms with Crippen LogP contribution in [0.2, 0.25) is 0 Å². The lowest BCUT2D eigenvalue weighted by Gasteiger charge is -2.20. The number of nitrogens with one attached hydrogen (secondary N) is 1. The van der Waals surface area contributed by atoms with E-state index < -0.39 is 0 Å². The van der Waals surface area contributed by atoms with Crippen LogP contribution in [0.15, 0.2) is 53.9 Å². The summed E-state index contributed by atoms with van der Waals surface area (Å²) >= 11 is 1.31. The van der Waals surface area contributed by atoms with Crippen molar-refractivity contribution in [3.05, 3.63) is 70.7 Å². The predicted octanol–water partition coefficient (Wildman–Crippen LogP) is 3.72. The van der Waals surface area contributed by atoms with Crippen molar-refractivity contribution in [2.24, 2.45) is 0 Å². The van der Waals surface area contributed by atoms with Gasteiger partial charge in [-0.3, -0.25) is 14.9 Å². The Morgan fingerprint density at radius 2 is 1.93 bits per heavy atom. The fourth-order valence-electron chi connectivity index (χ4n) is 3.11. The molecule has 0 spiro atoms. The zero-order valence-corrected chi connectivity index (χ0v) is 17.3. The number of nitrogens with zero attached hydrogens (tertiary/aromatic N) is 2. The largest absolute Gasteiger partial charge is 0.454 e. The average Bonchev–Trinajstić information content (AvgIpc) is 3.41. The molecule has 2 amide bonds. The smallest absolute Gasteiger partial charge is 0.257 e. The average molecular weight is 423 g/mol. The van der Waals surface area contributed by atoms with E-state index in [1.165, 1.54) is 11.3 Å². The molecule has 0 fully saturated rings. The van der Waals surface area contributed by atoms with E-state index in [-0.39, 0.29) is 25.0 Å². The van der Waals surface area contributed by atoms with Gasteiger partial charge in [0.25, 0.3) is 5.91 Å². The molecule has 0 unspecified atom stereocenters. The number of fused-ring (bicyclic) bond motifs is 1. The third-order valence-electron chi connectivity index (χ3n) is 4.69. The summed E-state index contributed by atoms with van der Waals surface area (Å²) < 4.78 is 10.7. The Kier molecular flexibility index (Phi) is 5.94. The van der Waals surface area contributed by atoms with Gasteiger partial charge in [0, 0.05) is 24.0 Å². The molecule has 4 rings (SSSR count). The SMILES string of the molecule is CCN(Cc1ccc2c(c1)OCO2)C(=O)Cc1csc(NC(=O)c2ccccc2)n1. The Labute approximate surface area is 178 Å². The van der Waals surface area contributed by atoms with E-state index in [0.29, 0.717) is 35.2 Å². The van der Waals surface area contributed by atoms with E-state index in [4.69, 9.17) is 9.47 Å². The molecule has 0 bridgehead atoms. The number of hydrogen-bond acceptors (Lipinski definition) is 6. The minimum atomic E-state index is -0.221. The van der Waals surface area contributed by atoms with Gasteiger partial charge in [-0.05, 0) is 36.8 Å².